The summed E-state index contributed by atoms with van der Waals surface area (Å²) >= 11 is 0. The number of nitrogens with zero attached hydrogens (tertiary/aromatic N) is 3. The highest BCUT2D eigenvalue weighted by atomic mass is 19.1. The van der Waals surface area contributed by atoms with Crippen LogP contribution < -0.4 is 10.9 Å². The molecule has 45 heavy (non-hydrogen) atoms. The Morgan fingerprint density at radius 3 is 2.11 bits per heavy atom. The van der Waals surface area contributed by atoms with Crippen molar-refractivity contribution in [1.29, 1.82) is 0 Å². The Morgan fingerprint density at radius 1 is 0.822 bits per heavy atom. The maximum atomic E-state index is 14.9. The number of nitrogens with one attached hydrogen (secondary N) is 2. The van der Waals surface area contributed by atoms with Crippen LogP contribution in [0.2, 0.25) is 0 Å². The van der Waals surface area contributed by atoms with E-state index in [0.29, 0.717) is 56.8 Å². The zero-order chi connectivity index (χ0) is 31.2. The molecule has 8 nitrogen and oxygen atoms in total. The highest BCUT2D eigenvalue weighted by molar-refractivity contribution is 5.95. The topological polar surface area (TPSA) is 98.4 Å². The Hall–Kier alpha value is -5.15. The van der Waals surface area contributed by atoms with Crippen molar-refractivity contribution < 1.29 is 14.0 Å². The molecule has 5 aromatic rings. The number of benzene rings is 4. The van der Waals surface area contributed by atoms with Gasteiger partial charge in [-0.3, -0.25) is 19.3 Å². The average molecular weight is 604 g/mol. The van der Waals surface area contributed by atoms with E-state index in [-0.39, 0.29) is 22.9 Å². The SMILES string of the molecule is O=C(NCCN1CCN(C(=O)c2cc(Cc3n[nH]c(=O)c4ccccc34)ccc2F)CC1)C(c1ccccc1)c1ccccc1. The van der Waals surface area contributed by atoms with E-state index in [4.69, 9.17) is 0 Å². The molecule has 4 aromatic carbocycles. The predicted molar refractivity (Wildman–Crippen MR) is 172 cm³/mol. The van der Waals surface area contributed by atoms with Crippen LogP contribution >= 0.6 is 0 Å². The Kier molecular flexibility index (Phi) is 9.07. The molecular weight excluding hydrogens is 569 g/mol. The van der Waals surface area contributed by atoms with Crippen LogP contribution in [0.1, 0.15) is 38.7 Å². The summed E-state index contributed by atoms with van der Waals surface area (Å²) in [6.07, 6.45) is 0.340. The summed E-state index contributed by atoms with van der Waals surface area (Å²) in [5.74, 6) is -1.37. The third-order valence-corrected chi connectivity index (χ3v) is 8.32. The number of carbonyl (C=O) groups is 2. The molecule has 0 saturated carbocycles. The summed E-state index contributed by atoms with van der Waals surface area (Å²) in [5, 5.41) is 11.1. The van der Waals surface area contributed by atoms with Crippen LogP contribution in [0, 0.1) is 5.82 Å². The number of aromatic amines is 1. The molecule has 228 valence electrons. The molecule has 0 atom stereocenters. The van der Waals surface area contributed by atoms with E-state index >= 15 is 0 Å². The summed E-state index contributed by atoms with van der Waals surface area (Å²) in [7, 11) is 0. The molecule has 0 bridgehead atoms. The number of halogens is 1. The molecular formula is C36H34FN5O3. The summed E-state index contributed by atoms with van der Waals surface area (Å²) in [6, 6.07) is 31.2. The van der Waals surface area contributed by atoms with Crippen LogP contribution in [-0.4, -0.2) is 71.1 Å². The molecule has 1 fully saturated rings. The summed E-state index contributed by atoms with van der Waals surface area (Å²) in [6.45, 7) is 3.29. The molecule has 0 aliphatic carbocycles. The fraction of sp³-hybridized carbons (Fsp3) is 0.222. The van der Waals surface area contributed by atoms with Crippen molar-refractivity contribution in [3.05, 3.63) is 147 Å². The fourth-order valence-corrected chi connectivity index (χ4v) is 5.92. The van der Waals surface area contributed by atoms with Gasteiger partial charge in [-0.15, -0.1) is 0 Å². The molecule has 1 aliphatic rings. The minimum atomic E-state index is -0.570. The van der Waals surface area contributed by atoms with Crippen molar-refractivity contribution in [2.75, 3.05) is 39.3 Å². The smallest absolute Gasteiger partial charge is 0.272 e. The molecule has 6 rings (SSSR count). The average Bonchev–Trinajstić information content (AvgIpc) is 3.08. The van der Waals surface area contributed by atoms with Gasteiger partial charge in [-0.1, -0.05) is 84.9 Å². The number of hydrogen-bond acceptors (Lipinski definition) is 5. The Bertz CT molecular complexity index is 1810. The Morgan fingerprint density at radius 2 is 1.44 bits per heavy atom. The van der Waals surface area contributed by atoms with E-state index in [2.05, 4.69) is 20.4 Å². The summed E-state index contributed by atoms with van der Waals surface area (Å²) in [4.78, 5) is 42.7. The molecule has 0 unspecified atom stereocenters. The van der Waals surface area contributed by atoms with Gasteiger partial charge in [0.15, 0.2) is 0 Å². The number of piperazine rings is 1. The zero-order valence-corrected chi connectivity index (χ0v) is 24.8. The van der Waals surface area contributed by atoms with E-state index in [0.717, 1.165) is 22.1 Å². The monoisotopic (exact) mass is 603 g/mol. The van der Waals surface area contributed by atoms with Gasteiger partial charge in [0.1, 0.15) is 5.82 Å². The largest absolute Gasteiger partial charge is 0.354 e. The number of rotatable bonds is 9. The van der Waals surface area contributed by atoms with Crippen LogP contribution in [0.5, 0.6) is 0 Å². The molecule has 1 aromatic heterocycles. The van der Waals surface area contributed by atoms with Gasteiger partial charge < -0.3 is 10.2 Å². The van der Waals surface area contributed by atoms with Crippen LogP contribution in [0.15, 0.2) is 108 Å². The minimum Gasteiger partial charge on any atom is -0.354 e. The fourth-order valence-electron chi connectivity index (χ4n) is 5.92. The van der Waals surface area contributed by atoms with Crippen LogP contribution in [-0.2, 0) is 11.2 Å². The van der Waals surface area contributed by atoms with E-state index in [1.165, 1.54) is 6.07 Å². The zero-order valence-electron chi connectivity index (χ0n) is 24.8. The van der Waals surface area contributed by atoms with Crippen LogP contribution in [0.3, 0.4) is 0 Å². The summed E-state index contributed by atoms with van der Waals surface area (Å²) in [5.41, 5.74) is 3.00. The van der Waals surface area contributed by atoms with Gasteiger partial charge in [0.25, 0.3) is 11.5 Å². The van der Waals surface area contributed by atoms with Gasteiger partial charge in [-0.2, -0.15) is 5.10 Å². The van der Waals surface area contributed by atoms with Crippen molar-refractivity contribution in [2.45, 2.75) is 12.3 Å². The number of hydrogen-bond donors (Lipinski definition) is 2. The van der Waals surface area contributed by atoms with Crippen molar-refractivity contribution in [1.82, 2.24) is 25.3 Å². The lowest BCUT2D eigenvalue weighted by molar-refractivity contribution is -0.121. The first kappa shape index (κ1) is 29.9. The molecule has 0 spiro atoms. The molecule has 1 aliphatic heterocycles. The van der Waals surface area contributed by atoms with Gasteiger partial charge in [0, 0.05) is 51.1 Å². The lowest BCUT2D eigenvalue weighted by atomic mass is 9.90. The van der Waals surface area contributed by atoms with Gasteiger partial charge in [0.05, 0.1) is 22.6 Å². The van der Waals surface area contributed by atoms with E-state index in [1.807, 2.05) is 72.8 Å². The first-order valence-corrected chi connectivity index (χ1v) is 15.1. The molecule has 1 saturated heterocycles. The number of aromatic nitrogens is 2. The number of amides is 2. The Labute approximate surface area is 260 Å². The maximum absolute atomic E-state index is 14.9. The predicted octanol–water partition coefficient (Wildman–Crippen LogP) is 4.36. The van der Waals surface area contributed by atoms with Crippen molar-refractivity contribution >= 4 is 22.6 Å². The second kappa shape index (κ2) is 13.7. The molecule has 2 amide bonds. The molecule has 9 heteroatoms. The normalized spacial score (nSPS) is 13.7. The van der Waals surface area contributed by atoms with Crippen molar-refractivity contribution in [3.8, 4) is 0 Å². The van der Waals surface area contributed by atoms with Crippen LogP contribution in [0.25, 0.3) is 10.8 Å². The van der Waals surface area contributed by atoms with Gasteiger partial charge in [-0.05, 0) is 34.9 Å². The lowest BCUT2D eigenvalue weighted by Gasteiger charge is -2.35. The quantitative estimate of drug-likeness (QED) is 0.261. The third-order valence-electron chi connectivity index (χ3n) is 8.32. The Balaban J connectivity index is 1.04. The van der Waals surface area contributed by atoms with Gasteiger partial charge in [0.2, 0.25) is 5.91 Å². The molecule has 2 N–H and O–H groups in total. The minimum absolute atomic E-state index is 0.0230. The van der Waals surface area contributed by atoms with E-state index in [1.54, 1.807) is 29.2 Å². The summed E-state index contributed by atoms with van der Waals surface area (Å²) < 4.78 is 14.9. The standard InChI is InChI=1S/C36H34FN5O3/c37-31-16-15-25(24-32-28-13-7-8-14-29(28)34(43)40-39-32)23-30(31)36(45)42-21-19-41(20-22-42)18-17-38-35(44)33(26-9-3-1-4-10-26)27-11-5-2-6-12-27/h1-16,23,33H,17-22,24H2,(H,38,44)(H,40,43). The van der Waals surface area contributed by atoms with E-state index < -0.39 is 11.7 Å². The van der Waals surface area contributed by atoms with Crippen LogP contribution in [0.4, 0.5) is 4.39 Å². The molecule has 0 radical (unpaired) electrons. The lowest BCUT2D eigenvalue weighted by Crippen LogP contribution is -2.50. The van der Waals surface area contributed by atoms with Gasteiger partial charge in [-0.25, -0.2) is 9.49 Å². The van der Waals surface area contributed by atoms with Gasteiger partial charge >= 0.3 is 0 Å². The first-order chi connectivity index (χ1) is 22.0. The number of H-pyrrole nitrogens is 1. The highest BCUT2D eigenvalue weighted by Gasteiger charge is 2.26. The maximum Gasteiger partial charge on any atom is 0.272 e. The number of carbonyl (C=O) groups excluding carboxylic acids is 2. The number of fused-ring (bicyclic) bond motifs is 1. The third kappa shape index (κ3) is 6.84. The first-order valence-electron chi connectivity index (χ1n) is 15.1. The second-order valence-electron chi connectivity index (χ2n) is 11.2. The highest BCUT2D eigenvalue weighted by Crippen LogP contribution is 2.25. The van der Waals surface area contributed by atoms with Crippen molar-refractivity contribution in [2.24, 2.45) is 0 Å². The van der Waals surface area contributed by atoms with Crippen molar-refractivity contribution in [3.63, 3.8) is 0 Å². The molecule has 2 heterocycles. The van der Waals surface area contributed by atoms with E-state index in [9.17, 15) is 18.8 Å². The second-order valence-corrected chi connectivity index (χ2v) is 11.2.